The smallest absolute Gasteiger partial charge is 0.238 e. The van der Waals surface area contributed by atoms with E-state index in [1.807, 2.05) is 24.3 Å². The van der Waals surface area contributed by atoms with Crippen LogP contribution in [0.2, 0.25) is 0 Å². The summed E-state index contributed by atoms with van der Waals surface area (Å²) in [6, 6.07) is 84.0. The number of fused-ring (bicyclic) bond motifs is 8. The lowest BCUT2D eigenvalue weighted by Gasteiger charge is -2.14. The predicted molar refractivity (Wildman–Crippen MR) is 273 cm³/mol. The molecule has 0 N–H and O–H groups in total. The number of hydrogen-bond donors (Lipinski definition) is 0. The zero-order chi connectivity index (χ0) is 43.6. The lowest BCUT2D eigenvalue weighted by atomic mass is 9.95. The Morgan fingerprint density at radius 2 is 0.803 bits per heavy atom. The highest BCUT2D eigenvalue weighted by Gasteiger charge is 2.26. The van der Waals surface area contributed by atoms with Crippen LogP contribution >= 0.6 is 0 Å². The molecule has 5 nitrogen and oxygen atoms in total. The average molecular weight is 842 g/mol. The van der Waals surface area contributed by atoms with Gasteiger partial charge < -0.3 is 4.57 Å². The molecule has 0 aliphatic rings. The number of rotatable bonds is 7. The summed E-state index contributed by atoms with van der Waals surface area (Å²) < 4.78 is 4.70. The normalized spacial score (nSPS) is 11.6. The number of hydrogen-bond acceptors (Lipinski definition) is 3. The van der Waals surface area contributed by atoms with Gasteiger partial charge in [0.05, 0.1) is 22.1 Å². The van der Waals surface area contributed by atoms with E-state index >= 15 is 0 Å². The van der Waals surface area contributed by atoms with E-state index in [9.17, 15) is 0 Å². The Balaban J connectivity index is 1.10. The van der Waals surface area contributed by atoms with Crippen molar-refractivity contribution in [2.75, 3.05) is 0 Å². The summed E-state index contributed by atoms with van der Waals surface area (Å²) in [5.74, 6) is 1.75. The maximum absolute atomic E-state index is 5.44. The second-order valence-electron chi connectivity index (χ2n) is 16.8. The summed E-state index contributed by atoms with van der Waals surface area (Å²) in [6.45, 7) is 0. The molecule has 10 aromatic carbocycles. The minimum absolute atomic E-state index is 0.550. The van der Waals surface area contributed by atoms with Crippen LogP contribution in [0.4, 0.5) is 0 Å². The summed E-state index contributed by atoms with van der Waals surface area (Å²) >= 11 is 0. The summed E-state index contributed by atoms with van der Waals surface area (Å²) in [5, 5.41) is 7.05. The minimum Gasteiger partial charge on any atom is -0.309 e. The number of nitrogens with zero attached hydrogens (tertiary/aromatic N) is 5. The molecule has 0 amide bonds. The second-order valence-corrected chi connectivity index (χ2v) is 16.8. The second kappa shape index (κ2) is 15.4. The van der Waals surface area contributed by atoms with Gasteiger partial charge >= 0.3 is 0 Å². The molecule has 66 heavy (non-hydrogen) atoms. The highest BCUT2D eigenvalue weighted by molar-refractivity contribution is 6.30. The topological polar surface area (TPSA) is 48.5 Å². The molecular formula is C61H39N5. The molecule has 0 aliphatic heterocycles. The van der Waals surface area contributed by atoms with E-state index in [4.69, 9.17) is 15.0 Å². The van der Waals surface area contributed by atoms with Gasteiger partial charge in [-0.25, -0.2) is 4.98 Å². The summed E-state index contributed by atoms with van der Waals surface area (Å²) in [4.78, 5) is 16.0. The van der Waals surface area contributed by atoms with Crippen LogP contribution in [0.5, 0.6) is 0 Å². The van der Waals surface area contributed by atoms with Crippen LogP contribution in [0.25, 0.3) is 122 Å². The van der Waals surface area contributed by atoms with E-state index in [1.54, 1.807) is 0 Å². The van der Waals surface area contributed by atoms with Gasteiger partial charge in [0.15, 0.2) is 11.6 Å². The van der Waals surface area contributed by atoms with Crippen molar-refractivity contribution in [3.63, 3.8) is 0 Å². The largest absolute Gasteiger partial charge is 0.309 e. The van der Waals surface area contributed by atoms with Gasteiger partial charge in [0.2, 0.25) is 5.95 Å². The Morgan fingerprint density at radius 3 is 1.53 bits per heavy atom. The van der Waals surface area contributed by atoms with Crippen LogP contribution in [0.3, 0.4) is 0 Å². The van der Waals surface area contributed by atoms with Gasteiger partial charge in [0.25, 0.3) is 0 Å². The van der Waals surface area contributed by atoms with Crippen molar-refractivity contribution in [1.82, 2.24) is 24.1 Å². The van der Waals surface area contributed by atoms with Crippen LogP contribution in [-0.2, 0) is 0 Å². The molecule has 5 heteroatoms. The van der Waals surface area contributed by atoms with E-state index in [1.165, 1.54) is 32.7 Å². The highest BCUT2D eigenvalue weighted by atomic mass is 15.2. The molecule has 3 aromatic heterocycles. The predicted octanol–water partition coefficient (Wildman–Crippen LogP) is 15.6. The van der Waals surface area contributed by atoms with Crippen molar-refractivity contribution >= 4 is 54.4 Å². The van der Waals surface area contributed by atoms with Crippen molar-refractivity contribution in [2.24, 2.45) is 0 Å². The molecule has 0 aliphatic carbocycles. The molecule has 0 bridgehead atoms. The molecule has 13 aromatic rings. The SMILES string of the molecule is c1ccc(-c2ccc(-c3cccc(-c4nc(-c5ccccc5)nc(-n5c6ccccc6c6c5cc(-c5ccc7ccccc7c5)c5c7ccccc7n(-c7ccccc7)c56)n4)c3)cc2)cc1. The maximum atomic E-state index is 5.44. The van der Waals surface area contributed by atoms with Crippen LogP contribution in [0.15, 0.2) is 237 Å². The van der Waals surface area contributed by atoms with Crippen molar-refractivity contribution in [3.8, 4) is 67.8 Å². The monoisotopic (exact) mass is 841 g/mol. The molecule has 0 radical (unpaired) electrons. The van der Waals surface area contributed by atoms with E-state index in [2.05, 4.69) is 221 Å². The van der Waals surface area contributed by atoms with Gasteiger partial charge in [-0.05, 0) is 86.6 Å². The first-order chi connectivity index (χ1) is 32.7. The Bertz CT molecular complexity index is 3960. The van der Waals surface area contributed by atoms with Gasteiger partial charge in [-0.1, -0.05) is 194 Å². The summed E-state index contributed by atoms with van der Waals surface area (Å²) in [5.41, 5.74) is 14.1. The Kier molecular flexibility index (Phi) is 8.78. The summed E-state index contributed by atoms with van der Waals surface area (Å²) in [7, 11) is 0. The van der Waals surface area contributed by atoms with E-state index in [0.717, 1.165) is 71.9 Å². The lowest BCUT2D eigenvalue weighted by molar-refractivity contribution is 0.953. The summed E-state index contributed by atoms with van der Waals surface area (Å²) in [6.07, 6.45) is 0. The molecule has 3 heterocycles. The fraction of sp³-hybridized carbons (Fsp3) is 0. The van der Waals surface area contributed by atoms with E-state index in [-0.39, 0.29) is 0 Å². The quantitative estimate of drug-likeness (QED) is 0.161. The zero-order valence-electron chi connectivity index (χ0n) is 35.8. The molecule has 0 saturated carbocycles. The van der Waals surface area contributed by atoms with Gasteiger partial charge in [-0.2, -0.15) is 9.97 Å². The lowest BCUT2D eigenvalue weighted by Crippen LogP contribution is -2.06. The van der Waals surface area contributed by atoms with E-state index < -0.39 is 0 Å². The molecule has 0 saturated heterocycles. The third-order valence-electron chi connectivity index (χ3n) is 12.9. The molecule has 0 spiro atoms. The number of benzene rings is 10. The molecule has 0 fully saturated rings. The average Bonchev–Trinajstić information content (AvgIpc) is 3.92. The first kappa shape index (κ1) is 37.6. The Hall–Kier alpha value is -8.93. The van der Waals surface area contributed by atoms with Gasteiger partial charge in [-0.3, -0.25) is 4.57 Å². The Morgan fingerprint density at radius 1 is 0.288 bits per heavy atom. The first-order valence-electron chi connectivity index (χ1n) is 22.4. The molecular weight excluding hydrogens is 803 g/mol. The molecule has 13 rings (SSSR count). The third kappa shape index (κ3) is 6.21. The van der Waals surface area contributed by atoms with Gasteiger partial charge in [0, 0.05) is 38.4 Å². The van der Waals surface area contributed by atoms with Crippen LogP contribution in [0.1, 0.15) is 0 Å². The zero-order valence-corrected chi connectivity index (χ0v) is 35.8. The molecule has 0 atom stereocenters. The first-order valence-corrected chi connectivity index (χ1v) is 22.4. The fourth-order valence-electron chi connectivity index (χ4n) is 9.88. The van der Waals surface area contributed by atoms with E-state index in [0.29, 0.717) is 17.6 Å². The number of para-hydroxylation sites is 3. The molecule has 0 unspecified atom stereocenters. The molecule has 308 valence electrons. The van der Waals surface area contributed by atoms with Crippen LogP contribution in [0, 0.1) is 0 Å². The maximum Gasteiger partial charge on any atom is 0.238 e. The van der Waals surface area contributed by atoms with Gasteiger partial charge in [0.1, 0.15) is 0 Å². The van der Waals surface area contributed by atoms with Crippen molar-refractivity contribution < 1.29 is 0 Å². The minimum atomic E-state index is 0.550. The Labute approximate surface area is 381 Å². The van der Waals surface area contributed by atoms with Gasteiger partial charge in [-0.15, -0.1) is 0 Å². The van der Waals surface area contributed by atoms with Crippen molar-refractivity contribution in [3.05, 3.63) is 237 Å². The highest BCUT2D eigenvalue weighted by Crippen LogP contribution is 2.47. The third-order valence-corrected chi connectivity index (χ3v) is 12.9. The van der Waals surface area contributed by atoms with Crippen molar-refractivity contribution in [1.29, 1.82) is 0 Å². The van der Waals surface area contributed by atoms with Crippen LogP contribution in [-0.4, -0.2) is 24.1 Å². The number of aromatic nitrogens is 5. The van der Waals surface area contributed by atoms with Crippen LogP contribution < -0.4 is 0 Å². The fourth-order valence-corrected chi connectivity index (χ4v) is 9.88. The van der Waals surface area contributed by atoms with Crippen molar-refractivity contribution in [2.45, 2.75) is 0 Å². The standard InChI is InChI=1S/C61H39N5/c1-4-17-40(18-5-1)42-31-33-43(34-32-42)46-23-16-24-48(38-46)60-62-59(44-20-6-2-7-21-44)63-61(64-60)66-54-30-15-13-28-51(54)57-55(66)39-52(47-36-35-41-19-10-11-22-45(41)37-47)56-50-27-12-14-29-53(50)65(58(56)57)49-25-8-3-9-26-49/h1-39H.